The van der Waals surface area contributed by atoms with Crippen molar-refractivity contribution in [2.45, 2.75) is 38.5 Å². The molecule has 0 bridgehead atoms. The first-order valence-corrected chi connectivity index (χ1v) is 11.3. The molecule has 0 amide bonds. The molecule has 2 aliphatic carbocycles. The van der Waals surface area contributed by atoms with Gasteiger partial charge in [-0.15, -0.1) is 0 Å². The Bertz CT molecular complexity index is 1170. The van der Waals surface area contributed by atoms with E-state index in [0.717, 1.165) is 61.2 Å². The molecule has 0 unspecified atom stereocenters. The lowest BCUT2D eigenvalue weighted by molar-refractivity contribution is 0.457. The smallest absolute Gasteiger partial charge is 0.219 e. The van der Waals surface area contributed by atoms with E-state index in [1.54, 1.807) is 12.4 Å². The minimum atomic E-state index is 0.631. The monoisotopic (exact) mass is 420 g/mol. The lowest BCUT2D eigenvalue weighted by Gasteiger charge is -2.16. The van der Waals surface area contributed by atoms with Gasteiger partial charge in [-0.05, 0) is 96.2 Å². The van der Waals surface area contributed by atoms with Gasteiger partial charge in [-0.3, -0.25) is 0 Å². The summed E-state index contributed by atoms with van der Waals surface area (Å²) < 4.78 is 12.5. The van der Waals surface area contributed by atoms with Crippen LogP contribution in [0.25, 0.3) is 11.1 Å². The van der Waals surface area contributed by atoms with Crippen molar-refractivity contribution < 1.29 is 9.47 Å². The normalized spacial score (nSPS) is 14.1. The summed E-state index contributed by atoms with van der Waals surface area (Å²) in [6, 6.07) is 20.5. The van der Waals surface area contributed by atoms with Crippen LogP contribution in [0.4, 0.5) is 0 Å². The van der Waals surface area contributed by atoms with Crippen LogP contribution in [0.3, 0.4) is 0 Å². The summed E-state index contributed by atoms with van der Waals surface area (Å²) in [4.78, 5) is 8.72. The van der Waals surface area contributed by atoms with Gasteiger partial charge in [0.05, 0.1) is 0 Å². The van der Waals surface area contributed by atoms with Gasteiger partial charge in [0.25, 0.3) is 0 Å². The molecule has 0 saturated carbocycles. The third-order valence-electron chi connectivity index (χ3n) is 6.39. The number of aryl methyl sites for hydroxylation is 2. The van der Waals surface area contributed by atoms with Crippen LogP contribution >= 0.6 is 0 Å². The minimum absolute atomic E-state index is 0.631. The molecule has 6 rings (SSSR count). The zero-order valence-electron chi connectivity index (χ0n) is 17.9. The van der Waals surface area contributed by atoms with E-state index >= 15 is 0 Å². The maximum absolute atomic E-state index is 6.25. The van der Waals surface area contributed by atoms with Crippen molar-refractivity contribution in [3.63, 3.8) is 0 Å². The molecular weight excluding hydrogens is 396 g/mol. The zero-order valence-corrected chi connectivity index (χ0v) is 17.9. The third-order valence-corrected chi connectivity index (χ3v) is 6.39. The second kappa shape index (κ2) is 8.12. The van der Waals surface area contributed by atoms with Crippen molar-refractivity contribution >= 4 is 0 Å². The Labute approximate surface area is 187 Å². The zero-order chi connectivity index (χ0) is 21.3. The van der Waals surface area contributed by atoms with Crippen LogP contribution < -0.4 is 9.47 Å². The van der Waals surface area contributed by atoms with E-state index < -0.39 is 0 Å². The molecule has 32 heavy (non-hydrogen) atoms. The molecule has 4 heteroatoms. The average Bonchev–Trinajstić information content (AvgIpc) is 3.50. The molecule has 0 aliphatic heterocycles. The quantitative estimate of drug-likeness (QED) is 0.360. The SMILES string of the molecule is c1ccc(Oc2cc(-c3cc4c(c(Oc5ccccn5)c3)CCC4)cc3c2CCC3)nc1. The van der Waals surface area contributed by atoms with E-state index in [1.807, 2.05) is 36.4 Å². The molecule has 2 aromatic carbocycles. The van der Waals surface area contributed by atoms with Gasteiger partial charge in [-0.2, -0.15) is 0 Å². The van der Waals surface area contributed by atoms with Crippen LogP contribution in [-0.2, 0) is 25.7 Å². The van der Waals surface area contributed by atoms with E-state index in [0.29, 0.717) is 11.8 Å². The van der Waals surface area contributed by atoms with Crippen LogP contribution in [0, 0.1) is 0 Å². The number of benzene rings is 2. The van der Waals surface area contributed by atoms with Crippen molar-refractivity contribution in [3.05, 3.63) is 95.3 Å². The standard InChI is InChI=1S/C28H24N2O2/c1-3-13-29-27(11-1)31-25-17-21(15-19-7-5-9-23(19)25)22-16-20-8-6-10-24(20)26(18-22)32-28-12-2-4-14-30-28/h1-4,11-18H,5-10H2. The first-order valence-electron chi connectivity index (χ1n) is 11.3. The van der Waals surface area contributed by atoms with Gasteiger partial charge in [-0.25, -0.2) is 9.97 Å². The second-order valence-electron chi connectivity index (χ2n) is 8.47. The summed E-state index contributed by atoms with van der Waals surface area (Å²) >= 11 is 0. The van der Waals surface area contributed by atoms with Gasteiger partial charge in [0.1, 0.15) is 11.5 Å². The van der Waals surface area contributed by atoms with Gasteiger partial charge in [0.15, 0.2) is 0 Å². The topological polar surface area (TPSA) is 44.2 Å². The summed E-state index contributed by atoms with van der Waals surface area (Å²) in [5.74, 6) is 3.10. The van der Waals surface area contributed by atoms with Crippen LogP contribution in [0.1, 0.15) is 35.1 Å². The Hall–Kier alpha value is -3.66. The number of nitrogens with zero attached hydrogens (tertiary/aromatic N) is 2. The third kappa shape index (κ3) is 3.62. The molecule has 4 nitrogen and oxygen atoms in total. The van der Waals surface area contributed by atoms with Gasteiger partial charge in [-0.1, -0.05) is 24.3 Å². The molecule has 2 aliphatic rings. The fourth-order valence-corrected chi connectivity index (χ4v) is 4.89. The lowest BCUT2D eigenvalue weighted by atomic mass is 9.96. The fraction of sp³-hybridized carbons (Fsp3) is 0.214. The number of rotatable bonds is 5. The average molecular weight is 421 g/mol. The molecule has 0 N–H and O–H groups in total. The molecule has 2 heterocycles. The summed E-state index contributed by atoms with van der Waals surface area (Å²) in [5, 5.41) is 0. The van der Waals surface area contributed by atoms with Crippen LogP contribution in [0.2, 0.25) is 0 Å². The van der Waals surface area contributed by atoms with E-state index in [4.69, 9.17) is 9.47 Å². The van der Waals surface area contributed by atoms with Crippen LogP contribution in [0.5, 0.6) is 23.3 Å². The lowest BCUT2D eigenvalue weighted by Crippen LogP contribution is -1.96. The number of pyridine rings is 2. The van der Waals surface area contributed by atoms with E-state index in [2.05, 4.69) is 34.2 Å². The highest BCUT2D eigenvalue weighted by atomic mass is 16.5. The summed E-state index contributed by atoms with van der Waals surface area (Å²) in [7, 11) is 0. The summed E-state index contributed by atoms with van der Waals surface area (Å²) in [5.41, 5.74) is 7.70. The number of aromatic nitrogens is 2. The largest absolute Gasteiger partial charge is 0.439 e. The van der Waals surface area contributed by atoms with Crippen molar-refractivity contribution in [1.29, 1.82) is 0 Å². The number of ether oxygens (including phenoxy) is 2. The minimum Gasteiger partial charge on any atom is -0.439 e. The van der Waals surface area contributed by atoms with E-state index in [1.165, 1.54) is 22.3 Å². The maximum Gasteiger partial charge on any atom is 0.219 e. The van der Waals surface area contributed by atoms with Crippen molar-refractivity contribution in [2.24, 2.45) is 0 Å². The predicted molar refractivity (Wildman–Crippen MR) is 125 cm³/mol. The van der Waals surface area contributed by atoms with Gasteiger partial charge < -0.3 is 9.47 Å². The molecule has 0 spiro atoms. The Kier molecular flexibility index (Phi) is 4.83. The molecule has 0 atom stereocenters. The first kappa shape index (κ1) is 19.1. The highest BCUT2D eigenvalue weighted by Crippen LogP contribution is 2.41. The van der Waals surface area contributed by atoms with Crippen molar-refractivity contribution in [1.82, 2.24) is 9.97 Å². The van der Waals surface area contributed by atoms with Crippen LogP contribution in [0.15, 0.2) is 73.1 Å². The number of hydrogen-bond acceptors (Lipinski definition) is 4. The molecule has 4 aromatic rings. The van der Waals surface area contributed by atoms with Crippen molar-refractivity contribution in [2.75, 3.05) is 0 Å². The Morgan fingerprint density at radius 2 is 1.06 bits per heavy atom. The molecule has 158 valence electrons. The van der Waals surface area contributed by atoms with Gasteiger partial charge in [0.2, 0.25) is 11.8 Å². The highest BCUT2D eigenvalue weighted by molar-refractivity contribution is 5.72. The van der Waals surface area contributed by atoms with E-state index in [9.17, 15) is 0 Å². The van der Waals surface area contributed by atoms with Gasteiger partial charge in [0, 0.05) is 24.5 Å². The highest BCUT2D eigenvalue weighted by Gasteiger charge is 2.22. The molecule has 0 radical (unpaired) electrons. The summed E-state index contributed by atoms with van der Waals surface area (Å²) in [6.45, 7) is 0. The number of fused-ring (bicyclic) bond motifs is 2. The fourth-order valence-electron chi connectivity index (χ4n) is 4.89. The molecule has 2 aromatic heterocycles. The molecular formula is C28H24N2O2. The maximum atomic E-state index is 6.25. The Morgan fingerprint density at radius 3 is 1.50 bits per heavy atom. The Morgan fingerprint density at radius 1 is 0.562 bits per heavy atom. The van der Waals surface area contributed by atoms with Crippen molar-refractivity contribution in [3.8, 4) is 34.4 Å². The van der Waals surface area contributed by atoms with Gasteiger partial charge >= 0.3 is 0 Å². The molecule has 0 fully saturated rings. The van der Waals surface area contributed by atoms with Crippen LogP contribution in [-0.4, -0.2) is 9.97 Å². The molecule has 0 saturated heterocycles. The second-order valence-corrected chi connectivity index (χ2v) is 8.47. The Balaban J connectivity index is 1.43. The number of hydrogen-bond donors (Lipinski definition) is 0. The summed E-state index contributed by atoms with van der Waals surface area (Å²) in [6.07, 6.45) is 10.1. The first-order chi connectivity index (χ1) is 15.8. The predicted octanol–water partition coefficient (Wildman–Crippen LogP) is 6.71. The van der Waals surface area contributed by atoms with E-state index in [-0.39, 0.29) is 0 Å².